The van der Waals surface area contributed by atoms with Crippen LogP contribution in [0.1, 0.15) is 25.7 Å². The molecule has 4 rings (SSSR count). The van der Waals surface area contributed by atoms with Crippen LogP contribution in [0.5, 0.6) is 0 Å². The molecule has 158 valence electrons. The fourth-order valence-corrected chi connectivity index (χ4v) is 5.22. The number of fused-ring (bicyclic) bond motifs is 1. The Balaban J connectivity index is 1.62. The third kappa shape index (κ3) is 3.78. The Kier molecular flexibility index (Phi) is 5.25. The smallest absolute Gasteiger partial charge is 0.404 e. The summed E-state index contributed by atoms with van der Waals surface area (Å²) in [4.78, 5) is 15.3. The molecule has 1 aliphatic rings. The van der Waals surface area contributed by atoms with E-state index >= 15 is 0 Å². The molecular formula is C20H23N5O4S. The number of amides is 1. The van der Waals surface area contributed by atoms with Gasteiger partial charge >= 0.3 is 6.09 Å². The number of rotatable bonds is 5. The quantitative estimate of drug-likeness (QED) is 0.489. The Morgan fingerprint density at radius 1 is 1.10 bits per heavy atom. The molecule has 9 nitrogen and oxygen atoms in total. The molecule has 1 saturated carbocycles. The lowest BCUT2D eigenvalue weighted by atomic mass is 9.91. The highest BCUT2D eigenvalue weighted by Gasteiger charge is 2.25. The molecule has 30 heavy (non-hydrogen) atoms. The summed E-state index contributed by atoms with van der Waals surface area (Å²) in [6, 6.07) is 9.95. The molecular weight excluding hydrogens is 406 g/mol. The zero-order valence-electron chi connectivity index (χ0n) is 16.2. The number of nitrogens with two attached hydrogens (primary N) is 1. The molecule has 0 aliphatic heterocycles. The monoisotopic (exact) mass is 429 g/mol. The molecule has 0 unspecified atom stereocenters. The van der Waals surface area contributed by atoms with Gasteiger partial charge in [-0.15, -0.1) is 0 Å². The molecule has 0 spiro atoms. The lowest BCUT2D eigenvalue weighted by Crippen LogP contribution is -2.39. The van der Waals surface area contributed by atoms with E-state index in [2.05, 4.69) is 15.6 Å². The standard InChI is InChI=1S/C20H23N5O4S/c21-17-12-22-19-16(10-11-25(19)30(28,29)15-4-2-1-3-5-15)18(17)23-13-6-8-14(9-7-13)24-20(26)27/h1-5,10-14,24H,6-9,21H2,(H,22,23)(H,26,27). The lowest BCUT2D eigenvalue weighted by Gasteiger charge is -2.30. The van der Waals surface area contributed by atoms with Crippen molar-refractivity contribution < 1.29 is 18.3 Å². The minimum absolute atomic E-state index is 0.0487. The highest BCUT2D eigenvalue weighted by atomic mass is 32.2. The third-order valence-corrected chi connectivity index (χ3v) is 7.09. The molecule has 0 atom stereocenters. The van der Waals surface area contributed by atoms with E-state index in [1.807, 2.05) is 0 Å². The maximum atomic E-state index is 13.0. The first kappa shape index (κ1) is 20.0. The van der Waals surface area contributed by atoms with E-state index in [0.29, 0.717) is 22.4 Å². The highest BCUT2D eigenvalue weighted by Crippen LogP contribution is 2.33. The van der Waals surface area contributed by atoms with E-state index < -0.39 is 16.1 Å². The Bertz CT molecular complexity index is 1170. The largest absolute Gasteiger partial charge is 0.465 e. The number of carboxylic acid groups (broad SMARTS) is 1. The summed E-state index contributed by atoms with van der Waals surface area (Å²) >= 11 is 0. The molecule has 1 fully saturated rings. The van der Waals surface area contributed by atoms with Crippen LogP contribution in [0.3, 0.4) is 0 Å². The van der Waals surface area contributed by atoms with Crippen molar-refractivity contribution in [3.63, 3.8) is 0 Å². The van der Waals surface area contributed by atoms with E-state index in [1.165, 1.54) is 12.4 Å². The van der Waals surface area contributed by atoms with Gasteiger partial charge in [-0.05, 0) is 43.9 Å². The second-order valence-corrected chi connectivity index (χ2v) is 9.21. The van der Waals surface area contributed by atoms with Gasteiger partial charge in [-0.1, -0.05) is 18.2 Å². The maximum absolute atomic E-state index is 13.0. The van der Waals surface area contributed by atoms with Crippen molar-refractivity contribution in [2.75, 3.05) is 11.1 Å². The number of pyridine rings is 1. The fraction of sp³-hybridized carbons (Fsp3) is 0.300. The van der Waals surface area contributed by atoms with Crippen LogP contribution < -0.4 is 16.4 Å². The van der Waals surface area contributed by atoms with Gasteiger partial charge < -0.3 is 21.5 Å². The summed E-state index contributed by atoms with van der Waals surface area (Å²) in [5, 5.41) is 15.4. The molecule has 0 saturated heterocycles. The highest BCUT2D eigenvalue weighted by molar-refractivity contribution is 7.90. The van der Waals surface area contributed by atoms with E-state index in [9.17, 15) is 13.2 Å². The van der Waals surface area contributed by atoms with Gasteiger partial charge in [-0.3, -0.25) is 0 Å². The van der Waals surface area contributed by atoms with E-state index in [0.717, 1.165) is 29.7 Å². The van der Waals surface area contributed by atoms with E-state index in [-0.39, 0.29) is 17.0 Å². The molecule has 0 radical (unpaired) electrons. The molecule has 10 heteroatoms. The predicted molar refractivity (Wildman–Crippen MR) is 114 cm³/mol. The van der Waals surface area contributed by atoms with Gasteiger partial charge in [0.1, 0.15) is 0 Å². The Morgan fingerprint density at radius 2 is 1.77 bits per heavy atom. The molecule has 2 aromatic heterocycles. The van der Waals surface area contributed by atoms with Gasteiger partial charge in [0.15, 0.2) is 5.65 Å². The summed E-state index contributed by atoms with van der Waals surface area (Å²) in [6.07, 6.45) is 4.93. The van der Waals surface area contributed by atoms with Crippen LogP contribution in [0.25, 0.3) is 11.0 Å². The first-order valence-corrected chi connectivity index (χ1v) is 11.1. The van der Waals surface area contributed by atoms with Crippen LogP contribution in [0, 0.1) is 0 Å². The Morgan fingerprint density at radius 3 is 2.43 bits per heavy atom. The van der Waals surface area contributed by atoms with Crippen molar-refractivity contribution in [2.45, 2.75) is 42.7 Å². The number of aromatic nitrogens is 2. The molecule has 1 amide bonds. The number of nitrogens with one attached hydrogen (secondary N) is 2. The summed E-state index contributed by atoms with van der Waals surface area (Å²) in [5.41, 5.74) is 7.54. The molecule has 1 aliphatic carbocycles. The first-order chi connectivity index (χ1) is 14.4. The number of nitrogens with zero attached hydrogens (tertiary/aromatic N) is 2. The van der Waals surface area contributed by atoms with Crippen molar-refractivity contribution >= 4 is 38.5 Å². The van der Waals surface area contributed by atoms with Gasteiger partial charge in [-0.2, -0.15) is 0 Å². The number of benzene rings is 1. The minimum Gasteiger partial charge on any atom is -0.465 e. The van der Waals surface area contributed by atoms with Gasteiger partial charge in [0.05, 0.1) is 22.5 Å². The zero-order valence-corrected chi connectivity index (χ0v) is 17.0. The average Bonchev–Trinajstić information content (AvgIpc) is 3.17. The van der Waals surface area contributed by atoms with Gasteiger partial charge in [0, 0.05) is 23.7 Å². The van der Waals surface area contributed by atoms with Gasteiger partial charge in [-0.25, -0.2) is 22.2 Å². The summed E-state index contributed by atoms with van der Waals surface area (Å²) in [7, 11) is -3.78. The van der Waals surface area contributed by atoms with Crippen molar-refractivity contribution in [3.05, 3.63) is 48.8 Å². The average molecular weight is 430 g/mol. The second kappa shape index (κ2) is 7.86. The third-order valence-electron chi connectivity index (χ3n) is 5.41. The Labute approximate surface area is 174 Å². The van der Waals surface area contributed by atoms with E-state index in [4.69, 9.17) is 10.8 Å². The van der Waals surface area contributed by atoms with Crippen LogP contribution in [-0.2, 0) is 10.0 Å². The fourth-order valence-electron chi connectivity index (χ4n) is 3.90. The molecule has 0 bridgehead atoms. The maximum Gasteiger partial charge on any atom is 0.404 e. The van der Waals surface area contributed by atoms with Crippen LogP contribution >= 0.6 is 0 Å². The van der Waals surface area contributed by atoms with Gasteiger partial charge in [0.2, 0.25) is 0 Å². The summed E-state index contributed by atoms with van der Waals surface area (Å²) in [6.45, 7) is 0. The Hall–Kier alpha value is -3.27. The molecule has 3 aromatic rings. The second-order valence-electron chi connectivity index (χ2n) is 7.40. The number of nitrogen functional groups attached to an aromatic ring is 1. The van der Waals surface area contributed by atoms with Crippen LogP contribution in [-0.4, -0.2) is 40.7 Å². The SMILES string of the molecule is Nc1cnc2c(ccn2S(=O)(=O)c2ccccc2)c1NC1CCC(NC(=O)O)CC1. The normalized spacial score (nSPS) is 19.5. The number of carbonyl (C=O) groups is 1. The van der Waals surface area contributed by atoms with Crippen molar-refractivity contribution in [1.82, 2.24) is 14.3 Å². The van der Waals surface area contributed by atoms with Crippen molar-refractivity contribution in [3.8, 4) is 0 Å². The summed E-state index contributed by atoms with van der Waals surface area (Å²) in [5.74, 6) is 0. The van der Waals surface area contributed by atoms with Crippen molar-refractivity contribution in [2.24, 2.45) is 0 Å². The molecule has 1 aromatic carbocycles. The molecule has 2 heterocycles. The molecule has 5 N–H and O–H groups in total. The number of anilines is 2. The summed E-state index contributed by atoms with van der Waals surface area (Å²) < 4.78 is 27.2. The first-order valence-electron chi connectivity index (χ1n) is 9.68. The van der Waals surface area contributed by atoms with E-state index in [1.54, 1.807) is 36.4 Å². The van der Waals surface area contributed by atoms with Crippen LogP contribution in [0.4, 0.5) is 16.2 Å². The van der Waals surface area contributed by atoms with Crippen molar-refractivity contribution in [1.29, 1.82) is 0 Å². The van der Waals surface area contributed by atoms with Crippen LogP contribution in [0.2, 0.25) is 0 Å². The number of hydrogen-bond acceptors (Lipinski definition) is 6. The van der Waals surface area contributed by atoms with Crippen LogP contribution in [0.15, 0.2) is 53.7 Å². The predicted octanol–water partition coefficient (Wildman–Crippen LogP) is 2.85. The minimum atomic E-state index is -3.78. The number of hydrogen-bond donors (Lipinski definition) is 4. The lowest BCUT2D eigenvalue weighted by molar-refractivity contribution is 0.185. The zero-order chi connectivity index (χ0) is 21.3. The topological polar surface area (TPSA) is 139 Å². The van der Waals surface area contributed by atoms with Gasteiger partial charge in [0.25, 0.3) is 10.0 Å².